The van der Waals surface area contributed by atoms with Gasteiger partial charge in [-0.15, -0.1) is 0 Å². The molecule has 2 N–H and O–H groups in total. The number of rotatable bonds is 3. The second-order valence-electron chi connectivity index (χ2n) is 2.89. The van der Waals surface area contributed by atoms with E-state index in [0.717, 1.165) is 11.4 Å². The average Bonchev–Trinajstić information content (AvgIpc) is 2.10. The van der Waals surface area contributed by atoms with Crippen molar-refractivity contribution < 1.29 is 0 Å². The molecular formula is C10H14ClN. The summed E-state index contributed by atoms with van der Waals surface area (Å²) < 4.78 is 0. The molecule has 12 heavy (non-hydrogen) atoms. The fourth-order valence-electron chi connectivity index (χ4n) is 1.27. The van der Waals surface area contributed by atoms with Crippen LogP contribution < -0.4 is 5.73 Å². The highest BCUT2D eigenvalue weighted by Gasteiger charge is 2.05. The summed E-state index contributed by atoms with van der Waals surface area (Å²) >= 11 is 5.77. The van der Waals surface area contributed by atoms with Crippen LogP contribution in [0.3, 0.4) is 0 Å². The van der Waals surface area contributed by atoms with E-state index in [1.54, 1.807) is 0 Å². The smallest absolute Gasteiger partial charge is 0.0406 e. The van der Waals surface area contributed by atoms with Crippen LogP contribution in [0.2, 0.25) is 5.02 Å². The lowest BCUT2D eigenvalue weighted by Crippen LogP contribution is -2.11. The Hall–Kier alpha value is -0.530. The van der Waals surface area contributed by atoms with E-state index in [1.165, 1.54) is 5.56 Å². The summed E-state index contributed by atoms with van der Waals surface area (Å²) in [7, 11) is 0. The summed E-state index contributed by atoms with van der Waals surface area (Å²) in [6, 6.07) is 7.91. The molecule has 0 spiro atoms. The van der Waals surface area contributed by atoms with Crippen molar-refractivity contribution in [1.29, 1.82) is 0 Å². The quantitative estimate of drug-likeness (QED) is 0.767. The Kier molecular flexibility index (Phi) is 3.57. The maximum absolute atomic E-state index is 5.77. The summed E-state index contributed by atoms with van der Waals surface area (Å²) in [6.07, 6.45) is 1.08. The fourth-order valence-corrected chi connectivity index (χ4v) is 1.40. The lowest BCUT2D eigenvalue weighted by molar-refractivity contribution is 0.674. The molecule has 0 aliphatic rings. The molecule has 1 atom stereocenters. The minimum atomic E-state index is 0.474. The van der Waals surface area contributed by atoms with Crippen LogP contribution in [-0.2, 0) is 0 Å². The van der Waals surface area contributed by atoms with Gasteiger partial charge in [0, 0.05) is 5.02 Å². The minimum absolute atomic E-state index is 0.474. The Bertz CT molecular complexity index is 226. The van der Waals surface area contributed by atoms with Gasteiger partial charge in [-0.05, 0) is 36.6 Å². The Morgan fingerprint density at radius 3 is 2.33 bits per heavy atom. The van der Waals surface area contributed by atoms with Crippen molar-refractivity contribution in [1.82, 2.24) is 0 Å². The number of halogens is 1. The second-order valence-corrected chi connectivity index (χ2v) is 3.33. The molecule has 1 rings (SSSR count). The monoisotopic (exact) mass is 183 g/mol. The van der Waals surface area contributed by atoms with Crippen molar-refractivity contribution in [2.24, 2.45) is 5.73 Å². The van der Waals surface area contributed by atoms with Gasteiger partial charge in [-0.3, -0.25) is 0 Å². The van der Waals surface area contributed by atoms with Crippen LogP contribution in [0.25, 0.3) is 0 Å². The van der Waals surface area contributed by atoms with Gasteiger partial charge in [0.15, 0.2) is 0 Å². The van der Waals surface area contributed by atoms with E-state index in [9.17, 15) is 0 Å². The largest absolute Gasteiger partial charge is 0.330 e. The van der Waals surface area contributed by atoms with E-state index in [0.29, 0.717) is 12.5 Å². The third kappa shape index (κ3) is 2.23. The Balaban J connectivity index is 2.80. The van der Waals surface area contributed by atoms with Crippen molar-refractivity contribution in [3.05, 3.63) is 34.9 Å². The molecule has 66 valence electrons. The molecule has 1 nitrogen and oxygen atoms in total. The molecule has 0 aliphatic carbocycles. The van der Waals surface area contributed by atoms with Crippen molar-refractivity contribution in [2.45, 2.75) is 19.3 Å². The zero-order valence-electron chi connectivity index (χ0n) is 7.26. The second kappa shape index (κ2) is 4.48. The van der Waals surface area contributed by atoms with Crippen molar-refractivity contribution in [2.75, 3.05) is 6.54 Å². The number of hydrogen-bond acceptors (Lipinski definition) is 1. The molecule has 0 unspecified atom stereocenters. The van der Waals surface area contributed by atoms with E-state index in [2.05, 4.69) is 6.92 Å². The van der Waals surface area contributed by atoms with Crippen molar-refractivity contribution in [3.8, 4) is 0 Å². The first-order valence-corrected chi connectivity index (χ1v) is 4.61. The van der Waals surface area contributed by atoms with Crippen LogP contribution in [0.1, 0.15) is 24.8 Å². The molecule has 0 aromatic heterocycles. The molecule has 1 aromatic rings. The molecule has 1 aromatic carbocycles. The molecule has 0 fully saturated rings. The summed E-state index contributed by atoms with van der Waals surface area (Å²) in [5.41, 5.74) is 6.90. The number of benzene rings is 1. The summed E-state index contributed by atoms with van der Waals surface area (Å²) in [5, 5.41) is 0.783. The zero-order valence-corrected chi connectivity index (χ0v) is 8.01. The highest BCUT2D eigenvalue weighted by Crippen LogP contribution is 2.19. The third-order valence-electron chi connectivity index (χ3n) is 2.12. The molecule has 0 radical (unpaired) electrons. The van der Waals surface area contributed by atoms with E-state index < -0.39 is 0 Å². The van der Waals surface area contributed by atoms with Crippen LogP contribution in [0.4, 0.5) is 0 Å². The standard InChI is InChI=1S/C10H14ClN/c1-2-8(7-12)9-3-5-10(11)6-4-9/h3-6,8H,2,7,12H2,1H3/t8-/m1/s1. The predicted molar refractivity (Wildman–Crippen MR) is 53.5 cm³/mol. The van der Waals surface area contributed by atoms with Crippen molar-refractivity contribution >= 4 is 11.6 Å². The first kappa shape index (κ1) is 9.56. The maximum atomic E-state index is 5.77. The Labute approximate surface area is 78.5 Å². The highest BCUT2D eigenvalue weighted by molar-refractivity contribution is 6.30. The SMILES string of the molecule is CC[C@H](CN)c1ccc(Cl)cc1. The molecule has 2 heteroatoms. The van der Waals surface area contributed by atoms with E-state index in [-0.39, 0.29) is 0 Å². The van der Waals surface area contributed by atoms with E-state index >= 15 is 0 Å². The van der Waals surface area contributed by atoms with Gasteiger partial charge >= 0.3 is 0 Å². The van der Waals surface area contributed by atoms with Gasteiger partial charge in [0.1, 0.15) is 0 Å². The Morgan fingerprint density at radius 2 is 1.92 bits per heavy atom. The average molecular weight is 184 g/mol. The van der Waals surface area contributed by atoms with Crippen LogP contribution in [0.15, 0.2) is 24.3 Å². The van der Waals surface area contributed by atoms with Gasteiger partial charge in [-0.2, -0.15) is 0 Å². The summed E-state index contributed by atoms with van der Waals surface area (Å²) in [6.45, 7) is 2.85. The van der Waals surface area contributed by atoms with Gasteiger partial charge in [0.25, 0.3) is 0 Å². The maximum Gasteiger partial charge on any atom is 0.0406 e. The molecule has 0 saturated heterocycles. The topological polar surface area (TPSA) is 26.0 Å². The highest BCUT2D eigenvalue weighted by atomic mass is 35.5. The predicted octanol–water partition coefficient (Wildman–Crippen LogP) is 2.79. The van der Waals surface area contributed by atoms with Crippen LogP contribution in [0.5, 0.6) is 0 Å². The minimum Gasteiger partial charge on any atom is -0.330 e. The molecular weight excluding hydrogens is 170 g/mol. The Morgan fingerprint density at radius 1 is 1.33 bits per heavy atom. The van der Waals surface area contributed by atoms with Gasteiger partial charge < -0.3 is 5.73 Å². The first-order valence-electron chi connectivity index (χ1n) is 4.23. The summed E-state index contributed by atoms with van der Waals surface area (Å²) in [4.78, 5) is 0. The van der Waals surface area contributed by atoms with Crippen molar-refractivity contribution in [3.63, 3.8) is 0 Å². The third-order valence-corrected chi connectivity index (χ3v) is 2.37. The fraction of sp³-hybridized carbons (Fsp3) is 0.400. The lowest BCUT2D eigenvalue weighted by Gasteiger charge is -2.11. The van der Waals surface area contributed by atoms with Gasteiger partial charge in [0.05, 0.1) is 0 Å². The van der Waals surface area contributed by atoms with Gasteiger partial charge in [-0.1, -0.05) is 30.7 Å². The van der Waals surface area contributed by atoms with Crippen LogP contribution >= 0.6 is 11.6 Å². The molecule has 0 heterocycles. The number of hydrogen-bond donors (Lipinski definition) is 1. The van der Waals surface area contributed by atoms with Crippen LogP contribution in [0, 0.1) is 0 Å². The molecule has 0 saturated carbocycles. The number of nitrogens with two attached hydrogens (primary N) is 1. The van der Waals surface area contributed by atoms with Gasteiger partial charge in [0.2, 0.25) is 0 Å². The molecule has 0 bridgehead atoms. The van der Waals surface area contributed by atoms with Crippen LogP contribution in [-0.4, -0.2) is 6.54 Å². The first-order chi connectivity index (χ1) is 5.77. The van der Waals surface area contributed by atoms with E-state index in [4.69, 9.17) is 17.3 Å². The van der Waals surface area contributed by atoms with Gasteiger partial charge in [-0.25, -0.2) is 0 Å². The molecule has 0 amide bonds. The lowest BCUT2D eigenvalue weighted by atomic mass is 9.97. The van der Waals surface area contributed by atoms with E-state index in [1.807, 2.05) is 24.3 Å². The molecule has 0 aliphatic heterocycles. The zero-order chi connectivity index (χ0) is 8.97. The summed E-state index contributed by atoms with van der Waals surface area (Å²) in [5.74, 6) is 0.474. The normalized spacial score (nSPS) is 12.9.